The highest BCUT2D eigenvalue weighted by Gasteiger charge is 2.22. The van der Waals surface area contributed by atoms with Crippen LogP contribution in [0.4, 0.5) is 4.39 Å². The number of carboxylic acids is 1. The summed E-state index contributed by atoms with van der Waals surface area (Å²) in [6, 6.07) is 0. The van der Waals surface area contributed by atoms with Gasteiger partial charge in [-0.05, 0) is 25.0 Å². The molecule has 0 saturated heterocycles. The maximum absolute atomic E-state index is 13.0. The molecule has 1 rings (SSSR count). The molecule has 0 saturated carbocycles. The molecule has 4 heteroatoms. The van der Waals surface area contributed by atoms with Crippen LogP contribution in [0.3, 0.4) is 0 Å². The van der Waals surface area contributed by atoms with Gasteiger partial charge in [0.05, 0.1) is 4.83 Å². The van der Waals surface area contributed by atoms with E-state index in [1.807, 2.05) is 0 Å². The molecule has 2 nitrogen and oxygen atoms in total. The molecule has 0 aromatic heterocycles. The molecule has 0 aromatic rings. The Morgan fingerprint density at radius 1 is 1.83 bits per heavy atom. The Balaban J connectivity index is 2.98. The summed E-state index contributed by atoms with van der Waals surface area (Å²) in [5.41, 5.74) is 0.635. The first kappa shape index (κ1) is 9.45. The van der Waals surface area contributed by atoms with Crippen molar-refractivity contribution in [1.82, 2.24) is 0 Å². The van der Waals surface area contributed by atoms with Crippen LogP contribution >= 0.6 is 15.9 Å². The Labute approximate surface area is 77.9 Å². The second kappa shape index (κ2) is 3.39. The van der Waals surface area contributed by atoms with E-state index < -0.39 is 10.8 Å². The van der Waals surface area contributed by atoms with Gasteiger partial charge < -0.3 is 5.11 Å². The lowest BCUT2D eigenvalue weighted by Gasteiger charge is -2.15. The van der Waals surface area contributed by atoms with E-state index in [0.29, 0.717) is 5.57 Å². The quantitative estimate of drug-likeness (QED) is 0.708. The summed E-state index contributed by atoms with van der Waals surface area (Å²) >= 11 is 3.07. The fourth-order valence-electron chi connectivity index (χ4n) is 1.07. The number of rotatable bonds is 1. The lowest BCUT2D eigenvalue weighted by molar-refractivity contribution is -0.132. The maximum atomic E-state index is 13.0. The molecule has 1 aliphatic rings. The zero-order valence-electron chi connectivity index (χ0n) is 6.47. The number of alkyl halides is 1. The Bertz CT molecular complexity index is 281. The topological polar surface area (TPSA) is 37.3 Å². The van der Waals surface area contributed by atoms with Gasteiger partial charge in [0.1, 0.15) is 5.83 Å². The van der Waals surface area contributed by atoms with Crippen molar-refractivity contribution in [3.63, 3.8) is 0 Å². The normalized spacial score (nSPS) is 23.9. The van der Waals surface area contributed by atoms with Crippen molar-refractivity contribution in [3.05, 3.63) is 23.0 Å². The van der Waals surface area contributed by atoms with E-state index in [1.165, 1.54) is 6.08 Å². The predicted molar refractivity (Wildman–Crippen MR) is 46.9 cm³/mol. The van der Waals surface area contributed by atoms with Crippen molar-refractivity contribution < 1.29 is 14.3 Å². The molecule has 66 valence electrons. The Hall–Kier alpha value is -0.640. The summed E-state index contributed by atoms with van der Waals surface area (Å²) in [5, 5.41) is 8.63. The molecule has 0 spiro atoms. The molecule has 0 heterocycles. The van der Waals surface area contributed by atoms with Crippen LogP contribution in [0.2, 0.25) is 0 Å². The second-order valence-electron chi connectivity index (χ2n) is 2.68. The molecule has 0 radical (unpaired) electrons. The molecule has 12 heavy (non-hydrogen) atoms. The van der Waals surface area contributed by atoms with Crippen LogP contribution in [0.15, 0.2) is 23.0 Å². The van der Waals surface area contributed by atoms with Crippen molar-refractivity contribution in [2.75, 3.05) is 0 Å². The first-order valence-electron chi connectivity index (χ1n) is 3.46. The highest BCUT2D eigenvalue weighted by atomic mass is 79.9. The number of allylic oxidation sites excluding steroid dienone is 3. The van der Waals surface area contributed by atoms with Gasteiger partial charge in [-0.2, -0.15) is 0 Å². The number of hydrogen-bond acceptors (Lipinski definition) is 1. The van der Waals surface area contributed by atoms with Gasteiger partial charge in [-0.1, -0.05) is 15.9 Å². The zero-order valence-corrected chi connectivity index (χ0v) is 8.06. The molecule has 1 N–H and O–H groups in total. The smallest absolute Gasteiger partial charge is 0.331 e. The Kier molecular flexibility index (Phi) is 2.67. The highest BCUT2D eigenvalue weighted by molar-refractivity contribution is 9.09. The van der Waals surface area contributed by atoms with Crippen molar-refractivity contribution in [3.8, 4) is 0 Å². The first-order valence-corrected chi connectivity index (χ1v) is 4.38. The third-order valence-electron chi connectivity index (χ3n) is 1.72. The predicted octanol–water partition coefficient (Wildman–Crippen LogP) is 2.41. The summed E-state index contributed by atoms with van der Waals surface area (Å²) < 4.78 is 13.0. The molecule has 1 aliphatic carbocycles. The second-order valence-corrected chi connectivity index (χ2v) is 3.78. The number of hydrogen-bond donors (Lipinski definition) is 1. The van der Waals surface area contributed by atoms with Crippen LogP contribution in [0.25, 0.3) is 0 Å². The highest BCUT2D eigenvalue weighted by Crippen LogP contribution is 2.30. The van der Waals surface area contributed by atoms with Gasteiger partial charge in [-0.15, -0.1) is 0 Å². The van der Waals surface area contributed by atoms with Gasteiger partial charge in [0.25, 0.3) is 0 Å². The van der Waals surface area contributed by atoms with E-state index in [0.717, 1.165) is 0 Å². The van der Waals surface area contributed by atoms with Crippen molar-refractivity contribution >= 4 is 21.9 Å². The lowest BCUT2D eigenvalue weighted by Crippen LogP contribution is -2.13. The van der Waals surface area contributed by atoms with Crippen LogP contribution in [0.5, 0.6) is 0 Å². The molecule has 1 atom stereocenters. The van der Waals surface area contributed by atoms with Gasteiger partial charge in [0, 0.05) is 5.57 Å². The molecule has 0 amide bonds. The summed E-state index contributed by atoms with van der Waals surface area (Å²) in [7, 11) is 0. The fourth-order valence-corrected chi connectivity index (χ4v) is 1.78. The SMILES string of the molecule is CC1=C(F)C(Br)CC(C(=O)O)=C1. The van der Waals surface area contributed by atoms with E-state index in [9.17, 15) is 9.18 Å². The van der Waals surface area contributed by atoms with Crippen LogP contribution in [0.1, 0.15) is 13.3 Å². The number of halogens is 2. The molecule has 0 fully saturated rings. The number of carboxylic acid groups (broad SMARTS) is 1. The average molecular weight is 235 g/mol. The molecular weight excluding hydrogens is 227 g/mol. The minimum Gasteiger partial charge on any atom is -0.478 e. The van der Waals surface area contributed by atoms with Gasteiger partial charge in [0.2, 0.25) is 0 Å². The summed E-state index contributed by atoms with van der Waals surface area (Å²) in [4.78, 5) is 10.0. The Morgan fingerprint density at radius 2 is 2.42 bits per heavy atom. The van der Waals surface area contributed by atoms with Gasteiger partial charge >= 0.3 is 5.97 Å². The maximum Gasteiger partial charge on any atom is 0.331 e. The zero-order chi connectivity index (χ0) is 9.30. The van der Waals surface area contributed by atoms with E-state index in [-0.39, 0.29) is 17.8 Å². The third kappa shape index (κ3) is 1.75. The summed E-state index contributed by atoms with van der Waals surface area (Å²) in [6.07, 6.45) is 1.58. The minimum atomic E-state index is -0.980. The van der Waals surface area contributed by atoms with Gasteiger partial charge in [0.15, 0.2) is 0 Å². The average Bonchev–Trinajstić information content (AvgIpc) is 1.99. The standard InChI is InChI=1S/C8H8BrFO2/c1-4-2-5(8(11)12)3-6(9)7(4)10/h2,6H,3H2,1H3,(H,11,12). The van der Waals surface area contributed by atoms with E-state index in [4.69, 9.17) is 5.11 Å². The van der Waals surface area contributed by atoms with Gasteiger partial charge in [-0.3, -0.25) is 0 Å². The lowest BCUT2D eigenvalue weighted by atomic mass is 9.99. The summed E-state index contributed by atoms with van der Waals surface area (Å²) in [6.45, 7) is 1.56. The van der Waals surface area contributed by atoms with Crippen LogP contribution in [0, 0.1) is 0 Å². The van der Waals surface area contributed by atoms with Crippen molar-refractivity contribution in [2.24, 2.45) is 0 Å². The number of carbonyl (C=O) groups is 1. The third-order valence-corrected chi connectivity index (χ3v) is 2.44. The van der Waals surface area contributed by atoms with Crippen LogP contribution < -0.4 is 0 Å². The Morgan fingerprint density at radius 3 is 2.83 bits per heavy atom. The molecule has 1 unspecified atom stereocenters. The monoisotopic (exact) mass is 234 g/mol. The summed E-state index contributed by atoms with van der Waals surface area (Å²) in [5.74, 6) is -1.26. The van der Waals surface area contributed by atoms with E-state index in [1.54, 1.807) is 6.92 Å². The molecule has 0 aromatic carbocycles. The number of aliphatic carboxylic acids is 1. The largest absolute Gasteiger partial charge is 0.478 e. The van der Waals surface area contributed by atoms with Crippen molar-refractivity contribution in [2.45, 2.75) is 18.2 Å². The molecular formula is C8H8BrFO2. The van der Waals surface area contributed by atoms with Crippen LogP contribution in [-0.4, -0.2) is 15.9 Å². The van der Waals surface area contributed by atoms with Crippen LogP contribution in [-0.2, 0) is 4.79 Å². The minimum absolute atomic E-state index is 0.207. The van der Waals surface area contributed by atoms with E-state index in [2.05, 4.69) is 15.9 Å². The molecule has 0 bridgehead atoms. The fraction of sp³-hybridized carbons (Fsp3) is 0.375. The van der Waals surface area contributed by atoms with Gasteiger partial charge in [-0.25, -0.2) is 9.18 Å². The van der Waals surface area contributed by atoms with E-state index >= 15 is 0 Å². The first-order chi connectivity index (χ1) is 5.52. The molecule has 0 aliphatic heterocycles. The van der Waals surface area contributed by atoms with Crippen molar-refractivity contribution in [1.29, 1.82) is 0 Å².